The number of piperazine rings is 1. The molecular weight excluding hydrogens is 232 g/mol. The van der Waals surface area contributed by atoms with Crippen LogP contribution in [-0.2, 0) is 4.79 Å². The third kappa shape index (κ3) is 3.35. The van der Waals surface area contributed by atoms with E-state index in [0.717, 1.165) is 6.54 Å². The molecule has 0 aromatic heterocycles. The Morgan fingerprint density at radius 2 is 2.00 bits per heavy atom. The third-order valence-electron chi connectivity index (χ3n) is 3.18. The van der Waals surface area contributed by atoms with E-state index in [4.69, 9.17) is 0 Å². The van der Waals surface area contributed by atoms with Gasteiger partial charge in [-0.3, -0.25) is 4.79 Å². The van der Waals surface area contributed by atoms with Gasteiger partial charge in [-0.2, -0.15) is 0 Å². The molecule has 0 aromatic rings. The Morgan fingerprint density at radius 3 is 2.56 bits per heavy atom. The smallest absolute Gasteiger partial charge is 0.320 e. The lowest BCUT2D eigenvalue weighted by atomic mass is 10.2. The Bertz CT molecular complexity index is 292. The zero-order valence-corrected chi connectivity index (χ0v) is 11.5. The number of rotatable bonds is 4. The summed E-state index contributed by atoms with van der Waals surface area (Å²) in [4.78, 5) is 27.7. The third-order valence-corrected chi connectivity index (χ3v) is 3.18. The van der Waals surface area contributed by atoms with E-state index in [0.29, 0.717) is 32.7 Å². The van der Waals surface area contributed by atoms with Gasteiger partial charge in [-0.1, -0.05) is 0 Å². The van der Waals surface area contributed by atoms with E-state index in [1.165, 1.54) is 0 Å². The summed E-state index contributed by atoms with van der Waals surface area (Å²) >= 11 is 0. The summed E-state index contributed by atoms with van der Waals surface area (Å²) in [5, 5.41) is 5.94. The first-order valence-corrected chi connectivity index (χ1v) is 6.69. The molecule has 6 heteroatoms. The van der Waals surface area contributed by atoms with Crippen molar-refractivity contribution >= 4 is 11.9 Å². The predicted molar refractivity (Wildman–Crippen MR) is 70.4 cm³/mol. The van der Waals surface area contributed by atoms with Crippen LogP contribution < -0.4 is 10.6 Å². The molecule has 1 rings (SSSR count). The number of nitrogens with one attached hydrogen (secondary N) is 2. The molecule has 0 saturated carbocycles. The van der Waals surface area contributed by atoms with Crippen molar-refractivity contribution in [2.75, 3.05) is 39.3 Å². The second-order valence-corrected chi connectivity index (χ2v) is 4.26. The Hall–Kier alpha value is -1.30. The monoisotopic (exact) mass is 256 g/mol. The maximum atomic E-state index is 12.3. The van der Waals surface area contributed by atoms with Gasteiger partial charge in [0.15, 0.2) is 0 Å². The van der Waals surface area contributed by atoms with Crippen molar-refractivity contribution in [1.82, 2.24) is 20.4 Å². The predicted octanol–water partition coefficient (Wildman–Crippen LogP) is -0.142. The maximum absolute atomic E-state index is 12.3. The number of nitrogens with zero attached hydrogens (tertiary/aromatic N) is 2. The van der Waals surface area contributed by atoms with E-state index in [-0.39, 0.29) is 11.9 Å². The van der Waals surface area contributed by atoms with Gasteiger partial charge in [-0.15, -0.1) is 0 Å². The van der Waals surface area contributed by atoms with Gasteiger partial charge in [0.25, 0.3) is 0 Å². The number of amides is 3. The number of likely N-dealkylation sites (N-methyl/N-ethyl adjacent to an activating group) is 1. The molecule has 0 aliphatic carbocycles. The molecular formula is C12H24N4O2. The van der Waals surface area contributed by atoms with E-state index in [9.17, 15) is 9.59 Å². The molecule has 1 fully saturated rings. The largest absolute Gasteiger partial charge is 0.355 e. The van der Waals surface area contributed by atoms with Crippen LogP contribution in [0.3, 0.4) is 0 Å². The summed E-state index contributed by atoms with van der Waals surface area (Å²) in [5.74, 6) is -0.0785. The zero-order chi connectivity index (χ0) is 13.5. The molecule has 1 heterocycles. The number of carbonyl (C=O) groups is 2. The van der Waals surface area contributed by atoms with Gasteiger partial charge in [0.1, 0.15) is 6.04 Å². The highest BCUT2D eigenvalue weighted by Gasteiger charge is 2.33. The molecule has 3 amide bonds. The molecule has 0 bridgehead atoms. The summed E-state index contributed by atoms with van der Waals surface area (Å²) in [6, 6.07) is -0.440. The first-order valence-electron chi connectivity index (χ1n) is 6.69. The average Bonchev–Trinajstić information content (AvgIpc) is 2.40. The second-order valence-electron chi connectivity index (χ2n) is 4.26. The fraction of sp³-hybridized carbons (Fsp3) is 0.833. The number of hydrogen-bond donors (Lipinski definition) is 2. The molecule has 2 N–H and O–H groups in total. The minimum Gasteiger partial charge on any atom is -0.355 e. The molecule has 1 saturated heterocycles. The SMILES string of the molecule is CCNC(=O)C1CNCCN1C(=O)N(CC)CC. The normalized spacial score (nSPS) is 19.5. The van der Waals surface area contributed by atoms with Gasteiger partial charge >= 0.3 is 6.03 Å². The van der Waals surface area contributed by atoms with Crippen LogP contribution in [0, 0.1) is 0 Å². The molecule has 1 aliphatic heterocycles. The minimum atomic E-state index is -0.396. The van der Waals surface area contributed by atoms with E-state index in [1.54, 1.807) is 9.80 Å². The van der Waals surface area contributed by atoms with Gasteiger partial charge in [-0.05, 0) is 20.8 Å². The molecule has 0 radical (unpaired) electrons. The first-order chi connectivity index (χ1) is 8.65. The van der Waals surface area contributed by atoms with E-state index in [1.807, 2.05) is 20.8 Å². The first kappa shape index (κ1) is 14.8. The molecule has 1 unspecified atom stereocenters. The van der Waals surface area contributed by atoms with Crippen molar-refractivity contribution in [2.24, 2.45) is 0 Å². The van der Waals surface area contributed by atoms with Gasteiger partial charge in [0.05, 0.1) is 0 Å². The summed E-state index contributed by atoms with van der Waals surface area (Å²) < 4.78 is 0. The topological polar surface area (TPSA) is 64.7 Å². The highest BCUT2D eigenvalue weighted by molar-refractivity contribution is 5.87. The molecule has 18 heavy (non-hydrogen) atoms. The molecule has 104 valence electrons. The zero-order valence-electron chi connectivity index (χ0n) is 11.5. The molecule has 0 aromatic carbocycles. The summed E-state index contributed by atoms with van der Waals surface area (Å²) in [6.45, 7) is 9.55. The van der Waals surface area contributed by atoms with Crippen LogP contribution in [0.1, 0.15) is 20.8 Å². The van der Waals surface area contributed by atoms with Crippen LogP contribution in [0.15, 0.2) is 0 Å². The van der Waals surface area contributed by atoms with Crippen molar-refractivity contribution in [3.63, 3.8) is 0 Å². The second kappa shape index (κ2) is 7.20. The van der Waals surface area contributed by atoms with Gasteiger partial charge in [-0.25, -0.2) is 4.79 Å². The molecule has 6 nitrogen and oxygen atoms in total. The lowest BCUT2D eigenvalue weighted by Crippen LogP contribution is -2.62. The highest BCUT2D eigenvalue weighted by atomic mass is 16.2. The van der Waals surface area contributed by atoms with E-state index < -0.39 is 6.04 Å². The van der Waals surface area contributed by atoms with Gasteiger partial charge in [0.2, 0.25) is 5.91 Å². The lowest BCUT2D eigenvalue weighted by molar-refractivity contribution is -0.126. The molecule has 1 aliphatic rings. The fourth-order valence-electron chi connectivity index (χ4n) is 2.14. The van der Waals surface area contributed by atoms with Crippen molar-refractivity contribution in [3.05, 3.63) is 0 Å². The van der Waals surface area contributed by atoms with Crippen molar-refractivity contribution in [2.45, 2.75) is 26.8 Å². The quantitative estimate of drug-likeness (QED) is 0.736. The van der Waals surface area contributed by atoms with Crippen LogP contribution in [0.25, 0.3) is 0 Å². The molecule has 1 atom stereocenters. The van der Waals surface area contributed by atoms with Crippen LogP contribution in [0.5, 0.6) is 0 Å². The van der Waals surface area contributed by atoms with E-state index in [2.05, 4.69) is 10.6 Å². The fourth-order valence-corrected chi connectivity index (χ4v) is 2.14. The maximum Gasteiger partial charge on any atom is 0.320 e. The van der Waals surface area contributed by atoms with Crippen LogP contribution in [0.4, 0.5) is 4.79 Å². The Balaban J connectivity index is 2.75. The minimum absolute atomic E-state index is 0.0437. The van der Waals surface area contributed by atoms with Gasteiger partial charge < -0.3 is 20.4 Å². The standard InChI is InChI=1S/C12H24N4O2/c1-4-14-11(17)10-9-13-7-8-16(10)12(18)15(5-2)6-3/h10,13H,4-9H2,1-3H3,(H,14,17). The van der Waals surface area contributed by atoms with Crippen LogP contribution in [0.2, 0.25) is 0 Å². The Morgan fingerprint density at radius 1 is 1.33 bits per heavy atom. The summed E-state index contributed by atoms with van der Waals surface area (Å²) in [6.07, 6.45) is 0. The van der Waals surface area contributed by atoms with E-state index >= 15 is 0 Å². The average molecular weight is 256 g/mol. The summed E-state index contributed by atoms with van der Waals surface area (Å²) in [5.41, 5.74) is 0. The van der Waals surface area contributed by atoms with Crippen molar-refractivity contribution in [3.8, 4) is 0 Å². The van der Waals surface area contributed by atoms with Crippen LogP contribution in [-0.4, -0.2) is 67.0 Å². The summed E-state index contributed by atoms with van der Waals surface area (Å²) in [7, 11) is 0. The Labute approximate surface area is 109 Å². The van der Waals surface area contributed by atoms with Crippen molar-refractivity contribution in [1.29, 1.82) is 0 Å². The highest BCUT2D eigenvalue weighted by Crippen LogP contribution is 2.08. The molecule has 0 spiro atoms. The number of urea groups is 1. The Kier molecular flexibility index (Phi) is 5.91. The van der Waals surface area contributed by atoms with Gasteiger partial charge in [0, 0.05) is 39.3 Å². The van der Waals surface area contributed by atoms with Crippen LogP contribution >= 0.6 is 0 Å². The van der Waals surface area contributed by atoms with Crippen molar-refractivity contribution < 1.29 is 9.59 Å². The number of carbonyl (C=O) groups excluding carboxylic acids is 2. The lowest BCUT2D eigenvalue weighted by Gasteiger charge is -2.38. The number of hydrogen-bond acceptors (Lipinski definition) is 3.